The number of esters is 1. The highest BCUT2D eigenvalue weighted by Gasteiger charge is 2.32. The van der Waals surface area contributed by atoms with Crippen LogP contribution in [-0.2, 0) is 6.61 Å². The Balaban J connectivity index is 1.44. The molecule has 1 aliphatic heterocycles. The van der Waals surface area contributed by atoms with Crippen molar-refractivity contribution in [3.8, 4) is 34.8 Å². The number of benzene rings is 4. The van der Waals surface area contributed by atoms with Crippen LogP contribution in [0, 0.1) is 17.1 Å². The summed E-state index contributed by atoms with van der Waals surface area (Å²) < 4.78 is 42.0. The van der Waals surface area contributed by atoms with Crippen molar-refractivity contribution in [1.29, 1.82) is 5.26 Å². The second-order valence-corrected chi connectivity index (χ2v) is 9.00. The summed E-state index contributed by atoms with van der Waals surface area (Å²) in [5.41, 5.74) is 8.35. The number of nitrogens with two attached hydrogens (primary N) is 1. The molecule has 0 saturated carbocycles. The number of fused-ring (bicyclic) bond motifs is 1. The molecule has 4 aromatic carbocycles. The molecule has 0 fully saturated rings. The van der Waals surface area contributed by atoms with Crippen LogP contribution >= 0.6 is 0 Å². The maximum absolute atomic E-state index is 14.1. The molecule has 0 bridgehead atoms. The molecule has 0 aromatic heterocycles. The SMILES string of the molecule is COc1cc(C2C(C#N)=C(N)Oc3cc(OC(=O)c4ccccc4OC)ccc32)ccc1OCc1ccccc1F. The van der Waals surface area contributed by atoms with E-state index < -0.39 is 11.9 Å². The fourth-order valence-corrected chi connectivity index (χ4v) is 4.57. The van der Waals surface area contributed by atoms with Gasteiger partial charge in [-0.3, -0.25) is 0 Å². The van der Waals surface area contributed by atoms with E-state index in [2.05, 4.69) is 6.07 Å². The summed E-state index contributed by atoms with van der Waals surface area (Å²) in [6.45, 7) is 0.00906. The number of halogens is 1. The van der Waals surface area contributed by atoms with Gasteiger partial charge < -0.3 is 29.4 Å². The number of nitriles is 1. The number of para-hydroxylation sites is 1. The summed E-state index contributed by atoms with van der Waals surface area (Å²) in [5, 5.41) is 9.94. The maximum atomic E-state index is 14.1. The molecule has 0 aliphatic carbocycles. The van der Waals surface area contributed by atoms with Gasteiger partial charge in [0.25, 0.3) is 0 Å². The highest BCUT2D eigenvalue weighted by atomic mass is 19.1. The van der Waals surface area contributed by atoms with Crippen molar-refractivity contribution >= 4 is 5.97 Å². The first-order valence-electron chi connectivity index (χ1n) is 12.5. The Labute approximate surface area is 235 Å². The monoisotopic (exact) mass is 552 g/mol. The number of rotatable bonds is 8. The summed E-state index contributed by atoms with van der Waals surface area (Å²) in [6, 6.07) is 25.3. The number of allylic oxidation sites excluding steroid dienone is 1. The number of hydrogen-bond acceptors (Lipinski definition) is 8. The van der Waals surface area contributed by atoms with Crippen molar-refractivity contribution in [2.24, 2.45) is 5.73 Å². The highest BCUT2D eigenvalue weighted by molar-refractivity contribution is 5.94. The van der Waals surface area contributed by atoms with Gasteiger partial charge in [0.2, 0.25) is 5.88 Å². The Hall–Kier alpha value is -5.49. The van der Waals surface area contributed by atoms with Gasteiger partial charge in [0, 0.05) is 17.2 Å². The van der Waals surface area contributed by atoms with Gasteiger partial charge in [-0.15, -0.1) is 0 Å². The highest BCUT2D eigenvalue weighted by Crippen LogP contribution is 2.45. The van der Waals surface area contributed by atoms with Crippen molar-refractivity contribution in [1.82, 2.24) is 0 Å². The Bertz CT molecular complexity index is 1690. The van der Waals surface area contributed by atoms with Crippen molar-refractivity contribution in [2.45, 2.75) is 12.5 Å². The number of methoxy groups -OCH3 is 2. The van der Waals surface area contributed by atoms with Crippen LogP contribution in [0.3, 0.4) is 0 Å². The topological polar surface area (TPSA) is 113 Å². The summed E-state index contributed by atoms with van der Waals surface area (Å²) >= 11 is 0. The van der Waals surface area contributed by atoms with E-state index in [0.29, 0.717) is 39.7 Å². The van der Waals surface area contributed by atoms with Crippen LogP contribution < -0.4 is 29.4 Å². The fourth-order valence-electron chi connectivity index (χ4n) is 4.57. The van der Waals surface area contributed by atoms with E-state index in [1.165, 1.54) is 20.3 Å². The van der Waals surface area contributed by atoms with Crippen LogP contribution in [0.25, 0.3) is 0 Å². The van der Waals surface area contributed by atoms with E-state index in [0.717, 1.165) is 0 Å². The van der Waals surface area contributed by atoms with E-state index in [1.54, 1.807) is 78.9 Å². The number of ether oxygens (including phenoxy) is 5. The van der Waals surface area contributed by atoms with Crippen molar-refractivity contribution < 1.29 is 32.9 Å². The van der Waals surface area contributed by atoms with E-state index in [4.69, 9.17) is 29.4 Å². The van der Waals surface area contributed by atoms with Crippen molar-refractivity contribution in [3.05, 3.63) is 124 Å². The summed E-state index contributed by atoms with van der Waals surface area (Å²) in [6.07, 6.45) is 0. The first-order chi connectivity index (χ1) is 19.9. The van der Waals surface area contributed by atoms with Crippen LogP contribution in [0.5, 0.6) is 28.7 Å². The van der Waals surface area contributed by atoms with E-state index >= 15 is 0 Å². The lowest BCUT2D eigenvalue weighted by atomic mass is 9.83. The van der Waals surface area contributed by atoms with Gasteiger partial charge in [-0.1, -0.05) is 42.5 Å². The third-order valence-corrected chi connectivity index (χ3v) is 6.59. The molecular formula is C32H25FN2O6. The van der Waals surface area contributed by atoms with Gasteiger partial charge in [0.05, 0.1) is 20.1 Å². The average molecular weight is 553 g/mol. The van der Waals surface area contributed by atoms with Gasteiger partial charge in [0.1, 0.15) is 46.9 Å². The Morgan fingerprint density at radius 1 is 0.951 bits per heavy atom. The molecule has 1 unspecified atom stereocenters. The van der Waals surface area contributed by atoms with Gasteiger partial charge in [-0.25, -0.2) is 9.18 Å². The largest absolute Gasteiger partial charge is 0.496 e. The predicted molar refractivity (Wildman–Crippen MR) is 147 cm³/mol. The summed E-state index contributed by atoms with van der Waals surface area (Å²) in [4.78, 5) is 12.8. The molecule has 0 spiro atoms. The Kier molecular flexibility index (Phi) is 7.74. The smallest absolute Gasteiger partial charge is 0.347 e. The molecule has 206 valence electrons. The average Bonchev–Trinajstić information content (AvgIpc) is 2.99. The second kappa shape index (κ2) is 11.7. The molecule has 1 atom stereocenters. The first-order valence-corrected chi connectivity index (χ1v) is 12.5. The van der Waals surface area contributed by atoms with Crippen LogP contribution in [0.2, 0.25) is 0 Å². The molecule has 4 aromatic rings. The van der Waals surface area contributed by atoms with Gasteiger partial charge in [0.15, 0.2) is 11.5 Å². The Morgan fingerprint density at radius 3 is 2.46 bits per heavy atom. The van der Waals surface area contributed by atoms with Crippen LogP contribution in [0.1, 0.15) is 33.0 Å². The second-order valence-electron chi connectivity index (χ2n) is 9.00. The summed E-state index contributed by atoms with van der Waals surface area (Å²) in [7, 11) is 2.96. The van der Waals surface area contributed by atoms with Crippen molar-refractivity contribution in [3.63, 3.8) is 0 Å². The number of hydrogen-bond donors (Lipinski definition) is 1. The quantitative estimate of drug-likeness (QED) is 0.214. The zero-order chi connectivity index (χ0) is 28.9. The van der Waals surface area contributed by atoms with Crippen molar-refractivity contribution in [2.75, 3.05) is 14.2 Å². The molecule has 9 heteroatoms. The molecule has 0 amide bonds. The molecule has 5 rings (SSSR count). The minimum atomic E-state index is -0.605. The minimum Gasteiger partial charge on any atom is -0.496 e. The Morgan fingerprint density at radius 2 is 1.71 bits per heavy atom. The van der Waals surface area contributed by atoms with Gasteiger partial charge >= 0.3 is 5.97 Å². The number of carbonyl (C=O) groups excluding carboxylic acids is 1. The lowest BCUT2D eigenvalue weighted by Gasteiger charge is -2.27. The molecule has 2 N–H and O–H groups in total. The fraction of sp³-hybridized carbons (Fsp3) is 0.125. The van der Waals surface area contributed by atoms with Gasteiger partial charge in [-0.05, 0) is 42.0 Å². The summed E-state index contributed by atoms with van der Waals surface area (Å²) in [5.74, 6) is 0.0886. The third-order valence-electron chi connectivity index (χ3n) is 6.59. The zero-order valence-electron chi connectivity index (χ0n) is 22.2. The van der Waals surface area contributed by atoms with Crippen LogP contribution in [0.4, 0.5) is 4.39 Å². The lowest BCUT2D eigenvalue weighted by molar-refractivity contribution is 0.0731. The molecule has 0 saturated heterocycles. The maximum Gasteiger partial charge on any atom is 0.347 e. The molecular weight excluding hydrogens is 527 g/mol. The molecule has 41 heavy (non-hydrogen) atoms. The van der Waals surface area contributed by atoms with E-state index in [1.807, 2.05) is 0 Å². The van der Waals surface area contributed by atoms with Gasteiger partial charge in [-0.2, -0.15) is 5.26 Å². The predicted octanol–water partition coefficient (Wildman–Crippen LogP) is 5.86. The normalized spacial score (nSPS) is 13.9. The lowest BCUT2D eigenvalue weighted by Crippen LogP contribution is -2.21. The molecule has 1 heterocycles. The molecule has 0 radical (unpaired) electrons. The standard InChI is InChI=1S/C32H25FN2O6/c1-37-26-10-6-4-8-23(26)32(36)40-21-12-13-22-28(16-21)41-31(35)24(17-34)30(22)19-11-14-27(29(15-19)38-2)39-18-20-7-3-5-9-25(20)33/h3-16,30H,18,35H2,1-2H3. The van der Waals surface area contributed by atoms with E-state index in [-0.39, 0.29) is 35.2 Å². The minimum absolute atomic E-state index is 0.00906. The van der Waals surface area contributed by atoms with E-state index in [9.17, 15) is 14.4 Å². The molecule has 1 aliphatic rings. The zero-order valence-corrected chi connectivity index (χ0v) is 22.2. The van der Waals surface area contributed by atoms with Crippen LogP contribution in [-0.4, -0.2) is 20.2 Å². The number of nitrogens with zero attached hydrogens (tertiary/aromatic N) is 1. The number of carbonyl (C=O) groups is 1. The molecule has 8 nitrogen and oxygen atoms in total. The van der Waals surface area contributed by atoms with Crippen LogP contribution in [0.15, 0.2) is 96.4 Å². The first kappa shape index (κ1) is 27.1. The third kappa shape index (κ3) is 5.49.